The Balaban J connectivity index is 1.82. The summed E-state index contributed by atoms with van der Waals surface area (Å²) in [5.41, 5.74) is 5.59. The zero-order valence-electron chi connectivity index (χ0n) is 10.8. The second kappa shape index (κ2) is 5.45. The summed E-state index contributed by atoms with van der Waals surface area (Å²) < 4.78 is 4.93. The number of carbonyl (C=O) groups is 1. The number of nitrogens with two attached hydrogens (primary N) is 1. The Labute approximate surface area is 106 Å². The van der Waals surface area contributed by atoms with Gasteiger partial charge in [-0.2, -0.15) is 4.98 Å². The largest absolute Gasteiger partial charge is 0.340 e. The fourth-order valence-electron chi connectivity index (χ4n) is 2.02. The molecule has 1 aliphatic heterocycles. The molecule has 0 radical (unpaired) electrons. The summed E-state index contributed by atoms with van der Waals surface area (Å²) >= 11 is 0. The summed E-state index contributed by atoms with van der Waals surface area (Å²) in [6, 6.07) is -0.420. The molecule has 0 bridgehead atoms. The zero-order chi connectivity index (χ0) is 13.1. The van der Waals surface area contributed by atoms with Gasteiger partial charge in [0.25, 0.3) is 0 Å². The minimum absolute atomic E-state index is 0.0186. The van der Waals surface area contributed by atoms with E-state index in [1.165, 1.54) is 0 Å². The Morgan fingerprint density at radius 3 is 2.61 bits per heavy atom. The first-order valence-corrected chi connectivity index (χ1v) is 6.12. The predicted molar refractivity (Wildman–Crippen MR) is 64.5 cm³/mol. The minimum atomic E-state index is -0.420. The van der Waals surface area contributed by atoms with E-state index in [1.807, 2.05) is 4.90 Å². The number of aromatic nitrogens is 2. The van der Waals surface area contributed by atoms with E-state index in [-0.39, 0.29) is 5.91 Å². The van der Waals surface area contributed by atoms with Crippen molar-refractivity contribution < 1.29 is 9.32 Å². The fraction of sp³-hybridized carbons (Fsp3) is 0.727. The fourth-order valence-corrected chi connectivity index (χ4v) is 2.02. The summed E-state index contributed by atoms with van der Waals surface area (Å²) in [7, 11) is 0. The van der Waals surface area contributed by atoms with E-state index in [4.69, 9.17) is 10.3 Å². The molecule has 7 heteroatoms. The summed E-state index contributed by atoms with van der Waals surface area (Å²) in [6.45, 7) is 7.19. The van der Waals surface area contributed by atoms with E-state index >= 15 is 0 Å². The second-order valence-corrected chi connectivity index (χ2v) is 4.62. The number of hydrogen-bond donors (Lipinski definition) is 1. The van der Waals surface area contributed by atoms with Crippen LogP contribution in [0.5, 0.6) is 0 Å². The van der Waals surface area contributed by atoms with Crippen LogP contribution in [0.4, 0.5) is 0 Å². The van der Waals surface area contributed by atoms with Crippen molar-refractivity contribution in [2.75, 3.05) is 26.2 Å². The molecule has 2 heterocycles. The molecular formula is C11H19N5O2. The average molecular weight is 253 g/mol. The maximum atomic E-state index is 11.7. The molecule has 1 aromatic heterocycles. The lowest BCUT2D eigenvalue weighted by molar-refractivity contribution is -0.134. The lowest BCUT2D eigenvalue weighted by atomic mass is 10.2. The summed E-state index contributed by atoms with van der Waals surface area (Å²) in [6.07, 6.45) is 0. The smallest absolute Gasteiger partial charge is 0.239 e. The van der Waals surface area contributed by atoms with Crippen LogP contribution in [0.3, 0.4) is 0 Å². The molecular weight excluding hydrogens is 234 g/mol. The highest BCUT2D eigenvalue weighted by molar-refractivity contribution is 5.81. The van der Waals surface area contributed by atoms with Gasteiger partial charge in [-0.3, -0.25) is 9.69 Å². The average Bonchev–Trinajstić information content (AvgIpc) is 2.75. The Bertz CT molecular complexity index is 409. The first kappa shape index (κ1) is 13.0. The molecule has 1 amide bonds. The maximum absolute atomic E-state index is 11.7. The molecule has 7 nitrogen and oxygen atoms in total. The lowest BCUT2D eigenvalue weighted by Crippen LogP contribution is -2.52. The van der Waals surface area contributed by atoms with Crippen molar-refractivity contribution in [3.63, 3.8) is 0 Å². The van der Waals surface area contributed by atoms with Crippen molar-refractivity contribution in [2.24, 2.45) is 5.73 Å². The maximum Gasteiger partial charge on any atom is 0.239 e. The summed E-state index contributed by atoms with van der Waals surface area (Å²) in [5.74, 6) is 1.29. The predicted octanol–water partition coefficient (Wildman–Crippen LogP) is -0.631. The quantitative estimate of drug-likeness (QED) is 0.771. The van der Waals surface area contributed by atoms with E-state index < -0.39 is 6.04 Å². The molecule has 2 N–H and O–H groups in total. The number of amides is 1. The number of carbonyl (C=O) groups excluding carboxylic acids is 1. The van der Waals surface area contributed by atoms with Crippen molar-refractivity contribution in [3.05, 3.63) is 11.7 Å². The molecule has 0 aliphatic carbocycles. The van der Waals surface area contributed by atoms with Crippen LogP contribution in [0.25, 0.3) is 0 Å². The molecule has 0 aromatic carbocycles. The van der Waals surface area contributed by atoms with Crippen molar-refractivity contribution in [1.82, 2.24) is 19.9 Å². The van der Waals surface area contributed by atoms with Crippen molar-refractivity contribution in [3.8, 4) is 0 Å². The third-order valence-electron chi connectivity index (χ3n) is 3.01. The highest BCUT2D eigenvalue weighted by atomic mass is 16.5. The number of piperazine rings is 1. The van der Waals surface area contributed by atoms with E-state index in [2.05, 4.69) is 15.0 Å². The van der Waals surface area contributed by atoms with Gasteiger partial charge in [-0.1, -0.05) is 5.16 Å². The molecule has 1 saturated heterocycles. The number of nitrogens with zero attached hydrogens (tertiary/aromatic N) is 4. The van der Waals surface area contributed by atoms with E-state index in [0.717, 1.165) is 13.1 Å². The molecule has 2 rings (SSSR count). The van der Waals surface area contributed by atoms with Gasteiger partial charge in [0.15, 0.2) is 5.82 Å². The normalized spacial score (nSPS) is 18.9. The molecule has 100 valence electrons. The van der Waals surface area contributed by atoms with E-state index in [0.29, 0.717) is 31.3 Å². The Kier molecular flexibility index (Phi) is 3.93. The lowest BCUT2D eigenvalue weighted by Gasteiger charge is -2.34. The Hall–Kier alpha value is -1.47. The van der Waals surface area contributed by atoms with E-state index in [9.17, 15) is 4.79 Å². The van der Waals surface area contributed by atoms with Crippen LogP contribution in [0.2, 0.25) is 0 Å². The Morgan fingerprint density at radius 1 is 1.44 bits per heavy atom. The van der Waals surface area contributed by atoms with Gasteiger partial charge in [-0.05, 0) is 6.92 Å². The SMILES string of the molecule is Cc1nc(CN2CCN(C(=O)[C@@H](C)N)CC2)no1. The van der Waals surface area contributed by atoms with Gasteiger partial charge >= 0.3 is 0 Å². The van der Waals surface area contributed by atoms with Gasteiger partial charge in [0.05, 0.1) is 12.6 Å². The molecule has 1 aliphatic rings. The van der Waals surface area contributed by atoms with Crippen LogP contribution in [0.15, 0.2) is 4.52 Å². The van der Waals surface area contributed by atoms with Gasteiger partial charge in [-0.15, -0.1) is 0 Å². The zero-order valence-corrected chi connectivity index (χ0v) is 10.8. The van der Waals surface area contributed by atoms with Crippen molar-refractivity contribution >= 4 is 5.91 Å². The first-order valence-electron chi connectivity index (χ1n) is 6.12. The number of rotatable bonds is 3. The first-order chi connectivity index (χ1) is 8.56. The van der Waals surface area contributed by atoms with Crippen LogP contribution in [0.1, 0.15) is 18.6 Å². The van der Waals surface area contributed by atoms with Gasteiger partial charge in [0.1, 0.15) is 0 Å². The van der Waals surface area contributed by atoms with Gasteiger partial charge in [-0.25, -0.2) is 0 Å². The molecule has 0 saturated carbocycles. The van der Waals surface area contributed by atoms with Crippen LogP contribution in [0, 0.1) is 6.92 Å². The monoisotopic (exact) mass is 253 g/mol. The topological polar surface area (TPSA) is 88.5 Å². The molecule has 1 aromatic rings. The van der Waals surface area contributed by atoms with Gasteiger partial charge in [0, 0.05) is 33.1 Å². The number of hydrogen-bond acceptors (Lipinski definition) is 6. The highest BCUT2D eigenvalue weighted by Crippen LogP contribution is 2.07. The summed E-state index contributed by atoms with van der Waals surface area (Å²) in [5, 5.41) is 3.86. The minimum Gasteiger partial charge on any atom is -0.340 e. The van der Waals surface area contributed by atoms with Crippen molar-refractivity contribution in [1.29, 1.82) is 0 Å². The third-order valence-corrected chi connectivity index (χ3v) is 3.01. The third kappa shape index (κ3) is 3.05. The van der Waals surface area contributed by atoms with Crippen LogP contribution < -0.4 is 5.73 Å². The van der Waals surface area contributed by atoms with Crippen LogP contribution in [-0.4, -0.2) is 58.1 Å². The molecule has 0 spiro atoms. The summed E-state index contributed by atoms with van der Waals surface area (Å²) in [4.78, 5) is 19.9. The molecule has 18 heavy (non-hydrogen) atoms. The number of aryl methyl sites for hydroxylation is 1. The molecule has 1 atom stereocenters. The Morgan fingerprint density at radius 2 is 2.11 bits per heavy atom. The highest BCUT2D eigenvalue weighted by Gasteiger charge is 2.23. The van der Waals surface area contributed by atoms with E-state index in [1.54, 1.807) is 13.8 Å². The molecule has 1 fully saturated rings. The van der Waals surface area contributed by atoms with Crippen molar-refractivity contribution in [2.45, 2.75) is 26.4 Å². The second-order valence-electron chi connectivity index (χ2n) is 4.62. The van der Waals surface area contributed by atoms with Crippen LogP contribution in [-0.2, 0) is 11.3 Å². The van der Waals surface area contributed by atoms with Gasteiger partial charge in [0.2, 0.25) is 11.8 Å². The van der Waals surface area contributed by atoms with Gasteiger partial charge < -0.3 is 15.2 Å². The molecule has 0 unspecified atom stereocenters. The van der Waals surface area contributed by atoms with Crippen LogP contribution >= 0.6 is 0 Å². The standard InChI is InChI=1S/C11H19N5O2/c1-8(12)11(17)16-5-3-15(4-6-16)7-10-13-9(2)18-14-10/h8H,3-7,12H2,1-2H3/t8-/m1/s1.